The Morgan fingerprint density at radius 3 is 2.34 bits per heavy atom. The standard InChI is InChI=1S/C26H28FN.BrH/c27-23-15-12-21(13-16-23)19-25-24-11-5-4-10-22(24)14-17-26(25)28-18-6-9-20-7-2-1-3-8-20;/h1-5,7-8,10-13,15-16,25-26,28H,6,9,14,17-19H2;1H/t25-,26+;/m1./s1. The van der Waals surface area contributed by atoms with E-state index in [4.69, 9.17) is 0 Å². The van der Waals surface area contributed by atoms with E-state index in [9.17, 15) is 4.39 Å². The average molecular weight is 454 g/mol. The van der Waals surface area contributed by atoms with E-state index in [2.05, 4.69) is 59.9 Å². The van der Waals surface area contributed by atoms with E-state index in [-0.39, 0.29) is 22.8 Å². The molecule has 0 radical (unpaired) electrons. The molecule has 0 unspecified atom stereocenters. The first-order valence-electron chi connectivity index (χ1n) is 10.4. The van der Waals surface area contributed by atoms with Crippen LogP contribution < -0.4 is 5.32 Å². The molecule has 2 atom stereocenters. The van der Waals surface area contributed by atoms with Crippen LogP contribution in [0.5, 0.6) is 0 Å². The van der Waals surface area contributed by atoms with Gasteiger partial charge in [-0.15, -0.1) is 17.0 Å². The Labute approximate surface area is 184 Å². The summed E-state index contributed by atoms with van der Waals surface area (Å²) in [4.78, 5) is 0. The lowest BCUT2D eigenvalue weighted by Gasteiger charge is -2.35. The van der Waals surface area contributed by atoms with Gasteiger partial charge in [0, 0.05) is 12.0 Å². The van der Waals surface area contributed by atoms with Crippen molar-refractivity contribution in [2.75, 3.05) is 6.54 Å². The van der Waals surface area contributed by atoms with Crippen LogP contribution in [-0.2, 0) is 19.3 Å². The summed E-state index contributed by atoms with van der Waals surface area (Å²) < 4.78 is 13.3. The van der Waals surface area contributed by atoms with E-state index in [1.807, 2.05) is 12.1 Å². The Kier molecular flexibility index (Phi) is 8.02. The Morgan fingerprint density at radius 1 is 0.828 bits per heavy atom. The van der Waals surface area contributed by atoms with Crippen LogP contribution in [0.1, 0.15) is 41.0 Å². The zero-order valence-corrected chi connectivity index (χ0v) is 18.4. The lowest BCUT2D eigenvalue weighted by atomic mass is 9.76. The summed E-state index contributed by atoms with van der Waals surface area (Å²) >= 11 is 0. The highest BCUT2D eigenvalue weighted by Gasteiger charge is 2.29. The Morgan fingerprint density at radius 2 is 1.55 bits per heavy atom. The number of fused-ring (bicyclic) bond motifs is 1. The fourth-order valence-corrected chi connectivity index (χ4v) is 4.45. The van der Waals surface area contributed by atoms with Crippen LogP contribution in [0.4, 0.5) is 4.39 Å². The van der Waals surface area contributed by atoms with Crippen LogP contribution in [-0.4, -0.2) is 12.6 Å². The van der Waals surface area contributed by atoms with E-state index in [1.54, 1.807) is 12.1 Å². The fourth-order valence-electron chi connectivity index (χ4n) is 4.45. The highest BCUT2D eigenvalue weighted by Crippen LogP contribution is 2.34. The zero-order valence-electron chi connectivity index (χ0n) is 16.7. The molecular weight excluding hydrogens is 425 g/mol. The maximum absolute atomic E-state index is 13.3. The van der Waals surface area contributed by atoms with Gasteiger partial charge < -0.3 is 5.32 Å². The summed E-state index contributed by atoms with van der Waals surface area (Å²) in [5.41, 5.74) is 5.54. The van der Waals surface area contributed by atoms with Gasteiger partial charge >= 0.3 is 0 Å². The van der Waals surface area contributed by atoms with Crippen LogP contribution in [0.15, 0.2) is 78.9 Å². The van der Waals surface area contributed by atoms with Gasteiger partial charge in [-0.2, -0.15) is 0 Å². The minimum atomic E-state index is -0.164. The molecule has 1 nitrogen and oxygen atoms in total. The third-order valence-corrected chi connectivity index (χ3v) is 5.93. The van der Waals surface area contributed by atoms with Gasteiger partial charge in [0.05, 0.1) is 0 Å². The van der Waals surface area contributed by atoms with Gasteiger partial charge in [-0.05, 0) is 73.0 Å². The molecule has 152 valence electrons. The van der Waals surface area contributed by atoms with Gasteiger partial charge in [0.25, 0.3) is 0 Å². The first kappa shape index (κ1) is 21.7. The van der Waals surface area contributed by atoms with E-state index in [1.165, 1.54) is 22.3 Å². The molecule has 3 aromatic carbocycles. The summed E-state index contributed by atoms with van der Waals surface area (Å²) in [5.74, 6) is 0.274. The van der Waals surface area contributed by atoms with Crippen LogP contribution >= 0.6 is 17.0 Å². The number of rotatable bonds is 7. The zero-order chi connectivity index (χ0) is 19.2. The summed E-state index contributed by atoms with van der Waals surface area (Å²) in [7, 11) is 0. The molecule has 0 aromatic heterocycles. The van der Waals surface area contributed by atoms with Gasteiger partial charge in [0.15, 0.2) is 0 Å². The molecule has 0 fully saturated rings. The molecule has 4 rings (SSSR count). The topological polar surface area (TPSA) is 12.0 Å². The van der Waals surface area contributed by atoms with Gasteiger partial charge in [-0.25, -0.2) is 4.39 Å². The molecule has 29 heavy (non-hydrogen) atoms. The van der Waals surface area contributed by atoms with Gasteiger partial charge in [-0.3, -0.25) is 0 Å². The second-order valence-corrected chi connectivity index (χ2v) is 7.82. The average Bonchev–Trinajstić information content (AvgIpc) is 2.74. The molecule has 0 saturated carbocycles. The fraction of sp³-hybridized carbons (Fsp3) is 0.308. The van der Waals surface area contributed by atoms with E-state index < -0.39 is 0 Å². The Bertz CT molecular complexity index is 879. The van der Waals surface area contributed by atoms with Gasteiger partial charge in [0.1, 0.15) is 5.82 Å². The second-order valence-electron chi connectivity index (χ2n) is 7.82. The predicted octanol–water partition coefficient (Wildman–Crippen LogP) is 6.27. The van der Waals surface area contributed by atoms with Crippen molar-refractivity contribution in [2.24, 2.45) is 0 Å². The smallest absolute Gasteiger partial charge is 0.123 e. The summed E-state index contributed by atoms with van der Waals surface area (Å²) in [6.45, 7) is 1.03. The highest BCUT2D eigenvalue weighted by molar-refractivity contribution is 8.93. The normalized spacial score (nSPS) is 18.0. The van der Waals surface area contributed by atoms with Crippen LogP contribution in [0, 0.1) is 5.82 Å². The van der Waals surface area contributed by atoms with Crippen molar-refractivity contribution in [1.82, 2.24) is 5.32 Å². The van der Waals surface area contributed by atoms with Crippen LogP contribution in [0.2, 0.25) is 0 Å². The maximum atomic E-state index is 13.3. The molecule has 1 aliphatic carbocycles. The minimum Gasteiger partial charge on any atom is -0.313 e. The van der Waals surface area contributed by atoms with Crippen molar-refractivity contribution in [3.63, 3.8) is 0 Å². The summed E-state index contributed by atoms with van der Waals surface area (Å²) in [6, 6.07) is 27.0. The minimum absolute atomic E-state index is 0. The quantitative estimate of drug-likeness (QED) is 0.415. The first-order chi connectivity index (χ1) is 13.8. The highest BCUT2D eigenvalue weighted by atomic mass is 79.9. The van der Waals surface area contributed by atoms with E-state index in [0.29, 0.717) is 12.0 Å². The number of hydrogen-bond acceptors (Lipinski definition) is 1. The monoisotopic (exact) mass is 453 g/mol. The first-order valence-corrected chi connectivity index (χ1v) is 10.4. The predicted molar refractivity (Wildman–Crippen MR) is 124 cm³/mol. The molecule has 0 amide bonds. The van der Waals surface area contributed by atoms with E-state index >= 15 is 0 Å². The molecule has 1 aliphatic rings. The van der Waals surface area contributed by atoms with Crippen molar-refractivity contribution in [2.45, 2.75) is 44.1 Å². The van der Waals surface area contributed by atoms with Gasteiger partial charge in [0.2, 0.25) is 0 Å². The molecule has 3 heteroatoms. The number of hydrogen-bond donors (Lipinski definition) is 1. The largest absolute Gasteiger partial charge is 0.313 e. The van der Waals surface area contributed by atoms with Gasteiger partial charge in [-0.1, -0.05) is 66.7 Å². The number of halogens is 2. The summed E-state index contributed by atoms with van der Waals surface area (Å²) in [6.07, 6.45) is 5.50. The van der Waals surface area contributed by atoms with Crippen molar-refractivity contribution in [3.05, 3.63) is 107 Å². The third-order valence-electron chi connectivity index (χ3n) is 5.93. The number of nitrogens with one attached hydrogen (secondary N) is 1. The SMILES string of the molecule is Br.Fc1ccc(C[C@@H]2c3ccccc3CC[C@@H]2NCCCc2ccccc2)cc1. The second kappa shape index (κ2) is 10.7. The molecule has 0 heterocycles. The molecular formula is C26H29BrFN. The molecule has 1 N–H and O–H groups in total. The Balaban J connectivity index is 0.00000240. The van der Waals surface area contributed by atoms with Crippen molar-refractivity contribution >= 4 is 17.0 Å². The van der Waals surface area contributed by atoms with Crippen molar-refractivity contribution < 1.29 is 4.39 Å². The van der Waals surface area contributed by atoms with Crippen molar-refractivity contribution in [1.29, 1.82) is 0 Å². The van der Waals surface area contributed by atoms with Crippen LogP contribution in [0.3, 0.4) is 0 Å². The molecule has 3 aromatic rings. The summed E-state index contributed by atoms with van der Waals surface area (Å²) in [5, 5.41) is 3.84. The number of aryl methyl sites for hydroxylation is 2. The maximum Gasteiger partial charge on any atom is 0.123 e. The Hall–Kier alpha value is -1.97. The number of benzene rings is 3. The lowest BCUT2D eigenvalue weighted by molar-refractivity contribution is 0.382. The third kappa shape index (κ3) is 5.77. The molecule has 0 aliphatic heterocycles. The van der Waals surface area contributed by atoms with Crippen LogP contribution in [0.25, 0.3) is 0 Å². The van der Waals surface area contributed by atoms with E-state index in [0.717, 1.165) is 38.6 Å². The van der Waals surface area contributed by atoms with Crippen molar-refractivity contribution in [3.8, 4) is 0 Å². The lowest BCUT2D eigenvalue weighted by Crippen LogP contribution is -2.40. The molecule has 0 bridgehead atoms. The molecule has 0 saturated heterocycles. The molecule has 0 spiro atoms.